The number of allylic oxidation sites excluding steroid dienone is 5. The highest BCUT2D eigenvalue weighted by Gasteiger charge is 2.29. The molecule has 2 aliphatic rings. The average Bonchev–Trinajstić information content (AvgIpc) is 3.26. The van der Waals surface area contributed by atoms with Gasteiger partial charge < -0.3 is 10.2 Å². The molecule has 0 aliphatic carbocycles. The van der Waals surface area contributed by atoms with Crippen molar-refractivity contribution in [2.45, 2.75) is 38.3 Å². The Bertz CT molecular complexity index is 698. The molecule has 2 aliphatic heterocycles. The van der Waals surface area contributed by atoms with Crippen molar-refractivity contribution in [1.29, 1.82) is 0 Å². The second-order valence-electron chi connectivity index (χ2n) is 7.72. The van der Waals surface area contributed by atoms with Crippen LogP contribution in [0.1, 0.15) is 31.2 Å². The van der Waals surface area contributed by atoms with E-state index in [1.807, 2.05) is 18.2 Å². The molecule has 1 fully saturated rings. The normalized spacial score (nSPS) is 22.8. The predicted octanol–water partition coefficient (Wildman–Crippen LogP) is 3.83. The molecule has 0 unspecified atom stereocenters. The van der Waals surface area contributed by atoms with Gasteiger partial charge in [-0.25, -0.2) is 5.43 Å². The molecule has 0 radical (unpaired) electrons. The predicted molar refractivity (Wildman–Crippen MR) is 120 cm³/mol. The summed E-state index contributed by atoms with van der Waals surface area (Å²) < 4.78 is 6.04. The summed E-state index contributed by atoms with van der Waals surface area (Å²) in [4.78, 5) is 7.10. The molecule has 29 heavy (non-hydrogen) atoms. The molecule has 5 heteroatoms. The fraction of sp³-hybridized carbons (Fsp3) is 0.458. The largest absolute Gasteiger partial charge is 0.376 e. The molecule has 156 valence electrons. The molecule has 2 heterocycles. The Labute approximate surface area is 175 Å². The van der Waals surface area contributed by atoms with Gasteiger partial charge in [0.15, 0.2) is 0 Å². The average molecular weight is 395 g/mol. The SMILES string of the molecule is C=C/C=C\C=C/CC[C@@H]1CC[C@H](COCc2ccccc2)CN1CC1=NCNN1. The zero-order chi connectivity index (χ0) is 20.2. The van der Waals surface area contributed by atoms with Crippen molar-refractivity contribution in [2.75, 3.05) is 26.4 Å². The van der Waals surface area contributed by atoms with Crippen LogP contribution in [0.4, 0.5) is 0 Å². The maximum atomic E-state index is 6.04. The van der Waals surface area contributed by atoms with Crippen molar-refractivity contribution in [3.8, 4) is 0 Å². The first-order valence-corrected chi connectivity index (χ1v) is 10.7. The third-order valence-electron chi connectivity index (χ3n) is 5.48. The van der Waals surface area contributed by atoms with E-state index in [0.29, 0.717) is 25.2 Å². The first-order chi connectivity index (χ1) is 14.3. The van der Waals surface area contributed by atoms with Gasteiger partial charge in [0, 0.05) is 12.6 Å². The number of ether oxygens (including phenoxy) is 1. The van der Waals surface area contributed by atoms with Crippen molar-refractivity contribution in [3.63, 3.8) is 0 Å². The first-order valence-electron chi connectivity index (χ1n) is 10.7. The van der Waals surface area contributed by atoms with E-state index >= 15 is 0 Å². The van der Waals surface area contributed by atoms with Crippen molar-refractivity contribution in [3.05, 3.63) is 72.9 Å². The van der Waals surface area contributed by atoms with E-state index in [1.165, 1.54) is 24.8 Å². The first kappa shape index (κ1) is 21.5. The lowest BCUT2D eigenvalue weighted by Crippen LogP contribution is -2.49. The summed E-state index contributed by atoms with van der Waals surface area (Å²) >= 11 is 0. The number of nitrogens with zero attached hydrogens (tertiary/aromatic N) is 2. The number of likely N-dealkylation sites (tertiary alicyclic amines) is 1. The number of nitrogens with one attached hydrogen (secondary N) is 2. The van der Waals surface area contributed by atoms with Crippen LogP contribution in [0, 0.1) is 5.92 Å². The molecule has 0 amide bonds. The van der Waals surface area contributed by atoms with Crippen molar-refractivity contribution in [1.82, 2.24) is 15.8 Å². The van der Waals surface area contributed by atoms with Gasteiger partial charge in [-0.2, -0.15) is 0 Å². The number of hydrazine groups is 1. The van der Waals surface area contributed by atoms with Gasteiger partial charge in [0.25, 0.3) is 0 Å². The molecule has 5 nitrogen and oxygen atoms in total. The van der Waals surface area contributed by atoms with Crippen LogP contribution in [0.5, 0.6) is 0 Å². The molecule has 1 aromatic rings. The fourth-order valence-electron chi connectivity index (χ4n) is 3.96. The highest BCUT2D eigenvalue weighted by molar-refractivity contribution is 5.84. The summed E-state index contributed by atoms with van der Waals surface area (Å²) in [6.45, 7) is 7.83. The zero-order valence-electron chi connectivity index (χ0n) is 17.3. The summed E-state index contributed by atoms with van der Waals surface area (Å²) in [5.74, 6) is 1.63. The van der Waals surface area contributed by atoms with Crippen molar-refractivity contribution < 1.29 is 4.74 Å². The van der Waals surface area contributed by atoms with Crippen LogP contribution in [0.3, 0.4) is 0 Å². The molecule has 1 aromatic carbocycles. The number of benzene rings is 1. The van der Waals surface area contributed by atoms with Gasteiger partial charge in [0.05, 0.1) is 19.8 Å². The number of hydrogen-bond donors (Lipinski definition) is 2. The van der Waals surface area contributed by atoms with Crippen LogP contribution < -0.4 is 10.9 Å². The van der Waals surface area contributed by atoms with Crippen LogP contribution >= 0.6 is 0 Å². The van der Waals surface area contributed by atoms with Gasteiger partial charge in [0.2, 0.25) is 0 Å². The second-order valence-corrected chi connectivity index (χ2v) is 7.72. The Morgan fingerprint density at radius 2 is 2.07 bits per heavy atom. The third-order valence-corrected chi connectivity index (χ3v) is 5.48. The Hall–Kier alpha value is -2.21. The topological polar surface area (TPSA) is 48.9 Å². The van der Waals surface area contributed by atoms with E-state index in [0.717, 1.165) is 32.0 Å². The molecule has 1 saturated heterocycles. The minimum absolute atomic E-state index is 0.580. The van der Waals surface area contributed by atoms with Gasteiger partial charge in [-0.05, 0) is 37.2 Å². The summed E-state index contributed by atoms with van der Waals surface area (Å²) in [5, 5.41) is 0. The van der Waals surface area contributed by atoms with E-state index in [-0.39, 0.29) is 0 Å². The maximum absolute atomic E-state index is 6.04. The molecule has 3 rings (SSSR count). The van der Waals surface area contributed by atoms with Gasteiger partial charge in [-0.1, -0.05) is 67.3 Å². The maximum Gasteiger partial charge on any atom is 0.126 e. The van der Waals surface area contributed by atoms with Crippen LogP contribution in [0.25, 0.3) is 0 Å². The highest BCUT2D eigenvalue weighted by atomic mass is 16.5. The van der Waals surface area contributed by atoms with Gasteiger partial charge in [-0.15, -0.1) is 0 Å². The van der Waals surface area contributed by atoms with Crippen LogP contribution in [0.15, 0.2) is 72.3 Å². The molecule has 0 aromatic heterocycles. The molecular formula is C24H34N4O. The summed E-state index contributed by atoms with van der Waals surface area (Å²) in [5.41, 5.74) is 7.51. The summed E-state index contributed by atoms with van der Waals surface area (Å²) in [7, 11) is 0. The number of amidine groups is 1. The van der Waals surface area contributed by atoms with E-state index in [9.17, 15) is 0 Å². The lowest BCUT2D eigenvalue weighted by atomic mass is 9.90. The Kier molecular flexibility index (Phi) is 9.17. The lowest BCUT2D eigenvalue weighted by molar-refractivity contribution is 0.0355. The van der Waals surface area contributed by atoms with Gasteiger partial charge in [-0.3, -0.25) is 9.89 Å². The molecule has 2 N–H and O–H groups in total. The van der Waals surface area contributed by atoms with Crippen LogP contribution in [-0.2, 0) is 11.3 Å². The number of rotatable bonds is 11. The van der Waals surface area contributed by atoms with E-state index < -0.39 is 0 Å². The van der Waals surface area contributed by atoms with Gasteiger partial charge >= 0.3 is 0 Å². The number of aliphatic imine (C=N–C) groups is 1. The quantitative estimate of drug-likeness (QED) is 0.560. The number of piperidine rings is 1. The molecule has 0 spiro atoms. The fourth-order valence-corrected chi connectivity index (χ4v) is 3.96. The Morgan fingerprint density at radius 3 is 2.86 bits per heavy atom. The van der Waals surface area contributed by atoms with E-state index in [1.54, 1.807) is 6.08 Å². The monoisotopic (exact) mass is 394 g/mol. The lowest BCUT2D eigenvalue weighted by Gasteiger charge is -2.39. The van der Waals surface area contributed by atoms with E-state index in [2.05, 4.69) is 63.7 Å². The van der Waals surface area contributed by atoms with E-state index in [4.69, 9.17) is 4.74 Å². The van der Waals surface area contributed by atoms with Crippen molar-refractivity contribution in [2.24, 2.45) is 10.9 Å². The second kappa shape index (κ2) is 12.4. The van der Waals surface area contributed by atoms with Crippen LogP contribution in [0.2, 0.25) is 0 Å². The molecule has 0 bridgehead atoms. The minimum Gasteiger partial charge on any atom is -0.376 e. The zero-order valence-corrected chi connectivity index (χ0v) is 17.3. The summed E-state index contributed by atoms with van der Waals surface area (Å²) in [6.07, 6.45) is 14.9. The smallest absolute Gasteiger partial charge is 0.126 e. The van der Waals surface area contributed by atoms with Crippen molar-refractivity contribution >= 4 is 5.84 Å². The Balaban J connectivity index is 1.48. The number of hydrogen-bond acceptors (Lipinski definition) is 5. The third kappa shape index (κ3) is 7.61. The summed E-state index contributed by atoms with van der Waals surface area (Å²) in [6, 6.07) is 11.0. The highest BCUT2D eigenvalue weighted by Crippen LogP contribution is 2.25. The Morgan fingerprint density at radius 1 is 1.17 bits per heavy atom. The molecule has 2 atom stereocenters. The molecule has 0 saturated carbocycles. The minimum atomic E-state index is 0.580. The molecular weight excluding hydrogens is 360 g/mol. The van der Waals surface area contributed by atoms with Crippen LogP contribution in [-0.4, -0.2) is 43.1 Å². The van der Waals surface area contributed by atoms with Gasteiger partial charge in [0.1, 0.15) is 12.5 Å². The standard InChI is InChI=1S/C24H34N4O/c1-2-3-4-5-6-10-13-23-15-14-22(16-28(23)17-24-25-20-26-27-24)19-29-18-21-11-8-7-9-12-21/h2-9,11-12,22-23,26H,1,10,13-20H2,(H,25,27)/b4-3-,6-5-/t22-,23+/m0/s1.